The lowest BCUT2D eigenvalue weighted by Crippen LogP contribution is -2.13. The predicted molar refractivity (Wildman–Crippen MR) is 65.8 cm³/mol. The minimum atomic E-state index is -0.478. The molecule has 0 N–H and O–H groups in total. The summed E-state index contributed by atoms with van der Waals surface area (Å²) in [6, 6.07) is 15.3. The molecule has 0 aliphatic heterocycles. The van der Waals surface area contributed by atoms with E-state index in [0.29, 0.717) is 5.88 Å². The molecule has 1 aromatic carbocycles. The van der Waals surface area contributed by atoms with Gasteiger partial charge in [-0.05, 0) is 13.0 Å². The van der Waals surface area contributed by atoms with Crippen molar-refractivity contribution in [1.29, 1.82) is 0 Å². The van der Waals surface area contributed by atoms with Crippen LogP contribution in [0.25, 0.3) is 11.3 Å². The number of ether oxygens (including phenoxy) is 1. The quantitative estimate of drug-likeness (QED) is 0.754. The Balaban J connectivity index is 2.26. The highest BCUT2D eigenvalue weighted by atomic mass is 16.5. The van der Waals surface area contributed by atoms with E-state index in [-0.39, 0.29) is 0 Å². The average Bonchev–Trinajstić information content (AvgIpc) is 2.40. The van der Waals surface area contributed by atoms with Crippen LogP contribution >= 0.6 is 0 Å². The van der Waals surface area contributed by atoms with E-state index in [1.807, 2.05) is 42.5 Å². The summed E-state index contributed by atoms with van der Waals surface area (Å²) in [6.07, 6.45) is 0.269. The summed E-state index contributed by atoms with van der Waals surface area (Å²) >= 11 is 0. The Morgan fingerprint density at radius 2 is 1.88 bits per heavy atom. The third-order valence-electron chi connectivity index (χ3n) is 2.29. The second-order valence-electron chi connectivity index (χ2n) is 3.69. The summed E-state index contributed by atoms with van der Waals surface area (Å²) in [5, 5.41) is 0. The van der Waals surface area contributed by atoms with Crippen molar-refractivity contribution in [3.8, 4) is 17.1 Å². The van der Waals surface area contributed by atoms with E-state index >= 15 is 0 Å². The molecular weight excluding hydrogens is 214 g/mol. The lowest BCUT2D eigenvalue weighted by Gasteiger charge is -2.08. The summed E-state index contributed by atoms with van der Waals surface area (Å²) in [5.74, 6) is 0.464. The topological polar surface area (TPSA) is 39.2 Å². The van der Waals surface area contributed by atoms with Crippen molar-refractivity contribution >= 4 is 6.29 Å². The van der Waals surface area contributed by atoms with Gasteiger partial charge >= 0.3 is 0 Å². The number of carbonyl (C=O) groups excluding carboxylic acids is 1. The number of hydrogen-bond acceptors (Lipinski definition) is 3. The Bertz CT molecular complexity index is 497. The zero-order valence-electron chi connectivity index (χ0n) is 9.54. The molecule has 86 valence electrons. The molecule has 0 aliphatic carbocycles. The molecule has 1 atom stereocenters. The molecule has 0 saturated heterocycles. The largest absolute Gasteiger partial charge is 0.467 e. The number of rotatable bonds is 4. The standard InChI is InChI=1S/C14H13NO2/c1-11(10-16)17-14-9-5-8-13(15-14)12-6-3-2-4-7-12/h2-11H,1H3. The summed E-state index contributed by atoms with van der Waals surface area (Å²) in [4.78, 5) is 14.9. The molecular formula is C14H13NO2. The molecule has 0 saturated carbocycles. The van der Waals surface area contributed by atoms with Gasteiger partial charge in [0.25, 0.3) is 0 Å². The van der Waals surface area contributed by atoms with Gasteiger partial charge in [-0.3, -0.25) is 4.79 Å². The van der Waals surface area contributed by atoms with Crippen molar-refractivity contribution in [2.45, 2.75) is 13.0 Å². The first-order chi connectivity index (χ1) is 8.29. The molecule has 1 unspecified atom stereocenters. The molecule has 17 heavy (non-hydrogen) atoms. The van der Waals surface area contributed by atoms with Crippen molar-refractivity contribution < 1.29 is 9.53 Å². The molecule has 0 radical (unpaired) electrons. The lowest BCUT2D eigenvalue weighted by atomic mass is 10.1. The van der Waals surface area contributed by atoms with Crippen LogP contribution in [0.1, 0.15) is 6.92 Å². The number of hydrogen-bond donors (Lipinski definition) is 0. The van der Waals surface area contributed by atoms with Crippen LogP contribution in [0.15, 0.2) is 48.5 Å². The summed E-state index contributed by atoms with van der Waals surface area (Å²) < 4.78 is 5.35. The Morgan fingerprint density at radius 3 is 2.59 bits per heavy atom. The zero-order chi connectivity index (χ0) is 12.1. The summed E-state index contributed by atoms with van der Waals surface area (Å²) in [7, 11) is 0. The molecule has 2 rings (SSSR count). The number of aromatic nitrogens is 1. The number of carbonyl (C=O) groups is 1. The van der Waals surface area contributed by atoms with Gasteiger partial charge in [-0.25, -0.2) is 4.98 Å². The second kappa shape index (κ2) is 5.25. The highest BCUT2D eigenvalue weighted by molar-refractivity contribution is 5.59. The van der Waals surface area contributed by atoms with Gasteiger partial charge in [-0.2, -0.15) is 0 Å². The zero-order valence-corrected chi connectivity index (χ0v) is 9.54. The van der Waals surface area contributed by atoms with Crippen LogP contribution in [0.3, 0.4) is 0 Å². The maximum absolute atomic E-state index is 10.5. The average molecular weight is 227 g/mol. The molecule has 0 bridgehead atoms. The highest BCUT2D eigenvalue weighted by Gasteiger charge is 2.04. The Morgan fingerprint density at radius 1 is 1.12 bits per heavy atom. The van der Waals surface area contributed by atoms with Crippen LogP contribution in [0.2, 0.25) is 0 Å². The third kappa shape index (κ3) is 2.91. The summed E-state index contributed by atoms with van der Waals surface area (Å²) in [5.41, 5.74) is 1.86. The van der Waals surface area contributed by atoms with Crippen molar-refractivity contribution in [2.24, 2.45) is 0 Å². The van der Waals surface area contributed by atoms with Crippen LogP contribution in [0.4, 0.5) is 0 Å². The first kappa shape index (κ1) is 11.3. The van der Waals surface area contributed by atoms with Gasteiger partial charge in [-0.15, -0.1) is 0 Å². The molecule has 0 amide bonds. The number of aldehydes is 1. The molecule has 0 fully saturated rings. The molecule has 1 aromatic heterocycles. The van der Waals surface area contributed by atoms with E-state index < -0.39 is 6.10 Å². The number of nitrogens with zero attached hydrogens (tertiary/aromatic N) is 1. The van der Waals surface area contributed by atoms with Crippen molar-refractivity contribution in [3.63, 3.8) is 0 Å². The van der Waals surface area contributed by atoms with E-state index in [2.05, 4.69) is 4.98 Å². The molecule has 2 aromatic rings. The SMILES string of the molecule is CC(C=O)Oc1cccc(-c2ccccc2)n1. The van der Waals surface area contributed by atoms with Crippen LogP contribution < -0.4 is 4.74 Å². The van der Waals surface area contributed by atoms with E-state index in [0.717, 1.165) is 17.5 Å². The predicted octanol–water partition coefficient (Wildman–Crippen LogP) is 2.71. The normalized spacial score (nSPS) is 11.8. The van der Waals surface area contributed by atoms with Crippen LogP contribution in [-0.4, -0.2) is 17.4 Å². The van der Waals surface area contributed by atoms with Gasteiger partial charge in [0, 0.05) is 11.6 Å². The fourth-order valence-electron chi connectivity index (χ4n) is 1.47. The van der Waals surface area contributed by atoms with Gasteiger partial charge in [-0.1, -0.05) is 36.4 Å². The molecule has 1 heterocycles. The summed E-state index contributed by atoms with van der Waals surface area (Å²) in [6.45, 7) is 1.68. The first-order valence-corrected chi connectivity index (χ1v) is 5.44. The van der Waals surface area contributed by atoms with E-state index in [4.69, 9.17) is 4.74 Å². The fraction of sp³-hybridized carbons (Fsp3) is 0.143. The van der Waals surface area contributed by atoms with Crippen LogP contribution in [0.5, 0.6) is 5.88 Å². The highest BCUT2D eigenvalue weighted by Crippen LogP contribution is 2.19. The second-order valence-corrected chi connectivity index (χ2v) is 3.69. The number of benzene rings is 1. The van der Waals surface area contributed by atoms with E-state index in [9.17, 15) is 4.79 Å². The maximum atomic E-state index is 10.5. The van der Waals surface area contributed by atoms with Gasteiger partial charge in [0.1, 0.15) is 0 Å². The van der Waals surface area contributed by atoms with Crippen molar-refractivity contribution in [3.05, 3.63) is 48.5 Å². The first-order valence-electron chi connectivity index (χ1n) is 5.44. The number of pyridine rings is 1. The smallest absolute Gasteiger partial charge is 0.214 e. The van der Waals surface area contributed by atoms with Gasteiger partial charge in [0.05, 0.1) is 5.69 Å². The van der Waals surface area contributed by atoms with E-state index in [1.54, 1.807) is 13.0 Å². The Labute approximate surface area is 100 Å². The van der Waals surface area contributed by atoms with Crippen molar-refractivity contribution in [2.75, 3.05) is 0 Å². The van der Waals surface area contributed by atoms with Gasteiger partial charge in [0.2, 0.25) is 5.88 Å². The minimum Gasteiger partial charge on any atom is -0.467 e. The maximum Gasteiger partial charge on any atom is 0.214 e. The van der Waals surface area contributed by atoms with Gasteiger partial charge in [0.15, 0.2) is 12.4 Å². The van der Waals surface area contributed by atoms with E-state index in [1.165, 1.54) is 0 Å². The fourth-order valence-corrected chi connectivity index (χ4v) is 1.47. The Kier molecular flexibility index (Phi) is 3.50. The lowest BCUT2D eigenvalue weighted by molar-refractivity contribution is -0.113. The Hall–Kier alpha value is -2.16. The monoisotopic (exact) mass is 227 g/mol. The third-order valence-corrected chi connectivity index (χ3v) is 2.29. The molecule has 3 nitrogen and oxygen atoms in total. The van der Waals surface area contributed by atoms with Crippen LogP contribution in [-0.2, 0) is 4.79 Å². The molecule has 0 spiro atoms. The van der Waals surface area contributed by atoms with Gasteiger partial charge < -0.3 is 4.74 Å². The van der Waals surface area contributed by atoms with Crippen molar-refractivity contribution in [1.82, 2.24) is 4.98 Å². The van der Waals surface area contributed by atoms with Crippen LogP contribution in [0, 0.1) is 0 Å². The minimum absolute atomic E-state index is 0.464. The molecule has 3 heteroatoms. The molecule has 0 aliphatic rings.